The van der Waals surface area contributed by atoms with E-state index in [1.54, 1.807) is 0 Å². The molecule has 0 radical (unpaired) electrons. The molecule has 0 bridgehead atoms. The first kappa shape index (κ1) is 11.1. The third-order valence-corrected chi connectivity index (χ3v) is 3.98. The smallest absolute Gasteiger partial charge is 0.127 e. The first-order chi connectivity index (χ1) is 8.15. The van der Waals surface area contributed by atoms with Gasteiger partial charge in [0, 0.05) is 24.1 Å². The molecule has 1 aromatic rings. The van der Waals surface area contributed by atoms with E-state index in [2.05, 4.69) is 38.2 Å². The Morgan fingerprint density at radius 3 is 2.71 bits per heavy atom. The molecule has 2 heteroatoms. The molecule has 1 saturated carbocycles. The van der Waals surface area contributed by atoms with Crippen LogP contribution in [-0.2, 0) is 0 Å². The molecule has 1 aliphatic heterocycles. The van der Waals surface area contributed by atoms with Gasteiger partial charge in [0.2, 0.25) is 0 Å². The highest BCUT2D eigenvalue weighted by Crippen LogP contribution is 2.39. The van der Waals surface area contributed by atoms with Crippen molar-refractivity contribution in [1.82, 2.24) is 5.32 Å². The third kappa shape index (κ3) is 2.06. The summed E-state index contributed by atoms with van der Waals surface area (Å²) in [6, 6.07) is 5.69. The molecule has 0 saturated heterocycles. The van der Waals surface area contributed by atoms with Crippen molar-refractivity contribution < 1.29 is 4.74 Å². The molecule has 1 N–H and O–H groups in total. The van der Waals surface area contributed by atoms with Crippen LogP contribution in [0.1, 0.15) is 48.9 Å². The molecular formula is C15H21NO. The number of rotatable bonds is 2. The van der Waals surface area contributed by atoms with Crippen molar-refractivity contribution in [3.05, 3.63) is 28.8 Å². The SMILES string of the molecule is Cc1ccc2c(c1C)OC(C)CC2NC1CC1. The van der Waals surface area contributed by atoms with E-state index < -0.39 is 0 Å². The maximum Gasteiger partial charge on any atom is 0.127 e. The minimum absolute atomic E-state index is 0.319. The summed E-state index contributed by atoms with van der Waals surface area (Å²) in [4.78, 5) is 0. The molecule has 1 heterocycles. The minimum Gasteiger partial charge on any atom is -0.490 e. The minimum atomic E-state index is 0.319. The second kappa shape index (κ2) is 4.02. The van der Waals surface area contributed by atoms with Gasteiger partial charge in [0.15, 0.2) is 0 Å². The summed E-state index contributed by atoms with van der Waals surface area (Å²) in [7, 11) is 0. The monoisotopic (exact) mass is 231 g/mol. The van der Waals surface area contributed by atoms with Crippen LogP contribution in [0.4, 0.5) is 0 Å². The number of ether oxygens (including phenoxy) is 1. The highest BCUT2D eigenvalue weighted by Gasteiger charge is 2.32. The van der Waals surface area contributed by atoms with Gasteiger partial charge in [-0.1, -0.05) is 12.1 Å². The Balaban J connectivity index is 1.97. The van der Waals surface area contributed by atoms with Crippen LogP contribution in [0, 0.1) is 13.8 Å². The summed E-state index contributed by atoms with van der Waals surface area (Å²) in [5, 5.41) is 3.75. The van der Waals surface area contributed by atoms with Crippen molar-refractivity contribution in [2.24, 2.45) is 0 Å². The molecule has 1 fully saturated rings. The average Bonchev–Trinajstić information content (AvgIpc) is 3.08. The summed E-state index contributed by atoms with van der Waals surface area (Å²) in [6.45, 7) is 6.49. The van der Waals surface area contributed by atoms with Crippen molar-refractivity contribution in [1.29, 1.82) is 0 Å². The molecular weight excluding hydrogens is 210 g/mol. The van der Waals surface area contributed by atoms with Gasteiger partial charge in [0.25, 0.3) is 0 Å². The Morgan fingerprint density at radius 2 is 2.00 bits per heavy atom. The average molecular weight is 231 g/mol. The van der Waals surface area contributed by atoms with Gasteiger partial charge >= 0.3 is 0 Å². The molecule has 2 nitrogen and oxygen atoms in total. The quantitative estimate of drug-likeness (QED) is 0.843. The van der Waals surface area contributed by atoms with Crippen LogP contribution in [-0.4, -0.2) is 12.1 Å². The van der Waals surface area contributed by atoms with Gasteiger partial charge in [0.1, 0.15) is 5.75 Å². The molecule has 2 aliphatic rings. The van der Waals surface area contributed by atoms with Crippen LogP contribution >= 0.6 is 0 Å². The number of benzene rings is 1. The molecule has 1 aromatic carbocycles. The van der Waals surface area contributed by atoms with E-state index in [1.807, 2.05) is 0 Å². The lowest BCUT2D eigenvalue weighted by Gasteiger charge is -2.32. The molecule has 0 amide bonds. The lowest BCUT2D eigenvalue weighted by Crippen LogP contribution is -2.33. The van der Waals surface area contributed by atoms with Crippen molar-refractivity contribution in [2.75, 3.05) is 0 Å². The molecule has 1 aliphatic carbocycles. The van der Waals surface area contributed by atoms with Crippen LogP contribution in [0.25, 0.3) is 0 Å². The molecule has 0 aromatic heterocycles. The fourth-order valence-electron chi connectivity index (χ4n) is 2.64. The molecule has 17 heavy (non-hydrogen) atoms. The normalized spacial score (nSPS) is 27.5. The summed E-state index contributed by atoms with van der Waals surface area (Å²) in [5.74, 6) is 1.13. The second-order valence-electron chi connectivity index (χ2n) is 5.58. The third-order valence-electron chi connectivity index (χ3n) is 3.98. The van der Waals surface area contributed by atoms with Crippen LogP contribution < -0.4 is 10.1 Å². The molecule has 2 unspecified atom stereocenters. The van der Waals surface area contributed by atoms with Gasteiger partial charge in [-0.3, -0.25) is 0 Å². The predicted octanol–water partition coefficient (Wildman–Crippen LogP) is 3.27. The number of fused-ring (bicyclic) bond motifs is 1. The van der Waals surface area contributed by atoms with Crippen molar-refractivity contribution in [3.63, 3.8) is 0 Å². The van der Waals surface area contributed by atoms with E-state index in [4.69, 9.17) is 4.74 Å². The van der Waals surface area contributed by atoms with E-state index in [9.17, 15) is 0 Å². The lowest BCUT2D eigenvalue weighted by atomic mass is 9.93. The van der Waals surface area contributed by atoms with Crippen LogP contribution in [0.15, 0.2) is 12.1 Å². The van der Waals surface area contributed by atoms with E-state index in [0.29, 0.717) is 12.1 Å². The van der Waals surface area contributed by atoms with E-state index in [-0.39, 0.29) is 0 Å². The van der Waals surface area contributed by atoms with E-state index >= 15 is 0 Å². The van der Waals surface area contributed by atoms with Crippen LogP contribution in [0.2, 0.25) is 0 Å². The Kier molecular flexibility index (Phi) is 2.62. The van der Waals surface area contributed by atoms with Gasteiger partial charge in [-0.05, 0) is 44.7 Å². The summed E-state index contributed by atoms with van der Waals surface area (Å²) >= 11 is 0. The topological polar surface area (TPSA) is 21.3 Å². The van der Waals surface area contributed by atoms with Gasteiger partial charge in [-0.2, -0.15) is 0 Å². The van der Waals surface area contributed by atoms with Crippen molar-refractivity contribution in [3.8, 4) is 5.75 Å². The summed E-state index contributed by atoms with van der Waals surface area (Å²) in [6.07, 6.45) is 4.09. The maximum atomic E-state index is 6.04. The molecule has 2 atom stereocenters. The Labute approximate surface area is 103 Å². The zero-order valence-corrected chi connectivity index (χ0v) is 10.9. The van der Waals surface area contributed by atoms with E-state index in [0.717, 1.165) is 18.2 Å². The summed E-state index contributed by atoms with van der Waals surface area (Å²) in [5.41, 5.74) is 3.98. The van der Waals surface area contributed by atoms with Crippen LogP contribution in [0.3, 0.4) is 0 Å². The summed E-state index contributed by atoms with van der Waals surface area (Å²) < 4.78 is 6.04. The Bertz CT molecular complexity index is 437. The standard InChI is InChI=1S/C15H21NO/c1-9-4-7-13-14(16-12-5-6-12)8-10(2)17-15(13)11(9)3/h4,7,10,12,14,16H,5-6,8H2,1-3H3. The molecule has 0 spiro atoms. The van der Waals surface area contributed by atoms with Gasteiger partial charge in [-0.15, -0.1) is 0 Å². The zero-order valence-electron chi connectivity index (χ0n) is 10.9. The Hall–Kier alpha value is -1.02. The van der Waals surface area contributed by atoms with Gasteiger partial charge < -0.3 is 10.1 Å². The fraction of sp³-hybridized carbons (Fsp3) is 0.600. The highest BCUT2D eigenvalue weighted by molar-refractivity contribution is 5.48. The zero-order chi connectivity index (χ0) is 12.0. The highest BCUT2D eigenvalue weighted by atomic mass is 16.5. The van der Waals surface area contributed by atoms with Crippen LogP contribution in [0.5, 0.6) is 5.75 Å². The number of nitrogens with one attached hydrogen (secondary N) is 1. The first-order valence-corrected chi connectivity index (χ1v) is 6.68. The van der Waals surface area contributed by atoms with Crippen molar-refractivity contribution in [2.45, 2.75) is 58.2 Å². The maximum absolute atomic E-state index is 6.04. The number of hydrogen-bond acceptors (Lipinski definition) is 2. The van der Waals surface area contributed by atoms with E-state index in [1.165, 1.54) is 29.5 Å². The van der Waals surface area contributed by atoms with Gasteiger partial charge in [0.05, 0.1) is 6.10 Å². The first-order valence-electron chi connectivity index (χ1n) is 6.68. The number of aryl methyl sites for hydroxylation is 1. The Morgan fingerprint density at radius 1 is 1.24 bits per heavy atom. The predicted molar refractivity (Wildman–Crippen MR) is 69.5 cm³/mol. The largest absolute Gasteiger partial charge is 0.490 e. The fourth-order valence-corrected chi connectivity index (χ4v) is 2.64. The molecule has 3 rings (SSSR count). The lowest BCUT2D eigenvalue weighted by molar-refractivity contribution is 0.164. The van der Waals surface area contributed by atoms with Crippen molar-refractivity contribution >= 4 is 0 Å². The van der Waals surface area contributed by atoms with Gasteiger partial charge in [-0.25, -0.2) is 0 Å². The number of hydrogen-bond donors (Lipinski definition) is 1. The molecule has 92 valence electrons. The second-order valence-corrected chi connectivity index (χ2v) is 5.58.